The molecule has 0 saturated carbocycles. The first kappa shape index (κ1) is 23.7. The molecule has 2 heterocycles. The van der Waals surface area contributed by atoms with E-state index in [2.05, 4.69) is 17.4 Å². The fourth-order valence-corrected chi connectivity index (χ4v) is 5.10. The van der Waals surface area contributed by atoms with Crippen LogP contribution in [-0.2, 0) is 22.6 Å². The molecule has 5 rings (SSSR count). The first-order chi connectivity index (χ1) is 17.4. The highest BCUT2D eigenvalue weighted by atomic mass is 32.1. The van der Waals surface area contributed by atoms with Crippen molar-refractivity contribution in [2.45, 2.75) is 26.0 Å². The smallest absolute Gasteiger partial charge is 0.338 e. The number of carbonyl (C=O) groups is 3. The minimum atomic E-state index is -0.575. The van der Waals surface area contributed by atoms with Gasteiger partial charge in [-0.3, -0.25) is 9.59 Å². The molecule has 0 aliphatic carbocycles. The largest absolute Gasteiger partial charge is 0.457 e. The molecule has 0 fully saturated rings. The Morgan fingerprint density at radius 2 is 1.69 bits per heavy atom. The maximum atomic E-state index is 12.8. The fourth-order valence-electron chi connectivity index (χ4n) is 4.09. The predicted molar refractivity (Wildman–Crippen MR) is 141 cm³/mol. The number of esters is 1. The SMILES string of the molecule is CC(=O)C(N)Cc1cccc(C(=O)Nc2ccc(-c3ccc(-c4ccc5c(c4)COC5=O)s3)cc2)c1. The molecule has 1 atom stereocenters. The lowest BCUT2D eigenvalue weighted by molar-refractivity contribution is -0.118. The summed E-state index contributed by atoms with van der Waals surface area (Å²) in [6.07, 6.45) is 0.394. The monoisotopic (exact) mass is 496 g/mol. The highest BCUT2D eigenvalue weighted by Gasteiger charge is 2.21. The number of nitrogens with two attached hydrogens (primary N) is 1. The van der Waals surface area contributed by atoms with Gasteiger partial charge in [0.15, 0.2) is 0 Å². The van der Waals surface area contributed by atoms with Gasteiger partial charge in [-0.2, -0.15) is 0 Å². The van der Waals surface area contributed by atoms with Crippen LogP contribution < -0.4 is 11.1 Å². The van der Waals surface area contributed by atoms with Crippen LogP contribution in [0, 0.1) is 0 Å². The van der Waals surface area contributed by atoms with E-state index in [1.807, 2.05) is 48.5 Å². The molecule has 0 radical (unpaired) electrons. The Morgan fingerprint density at radius 1 is 0.972 bits per heavy atom. The summed E-state index contributed by atoms with van der Waals surface area (Å²) in [7, 11) is 0. The van der Waals surface area contributed by atoms with Crippen molar-refractivity contribution in [1.82, 2.24) is 0 Å². The average Bonchev–Trinajstić information content (AvgIpc) is 3.52. The van der Waals surface area contributed by atoms with E-state index in [0.29, 0.717) is 29.8 Å². The first-order valence-corrected chi connectivity index (χ1v) is 12.4. The molecule has 36 heavy (non-hydrogen) atoms. The normalized spacial score (nSPS) is 13.1. The number of ketones is 1. The number of nitrogens with one attached hydrogen (secondary N) is 1. The van der Waals surface area contributed by atoms with E-state index in [1.54, 1.807) is 29.5 Å². The van der Waals surface area contributed by atoms with Crippen molar-refractivity contribution in [2.75, 3.05) is 5.32 Å². The van der Waals surface area contributed by atoms with Crippen molar-refractivity contribution in [3.8, 4) is 20.9 Å². The van der Waals surface area contributed by atoms with E-state index in [1.165, 1.54) is 6.92 Å². The van der Waals surface area contributed by atoms with Crippen molar-refractivity contribution in [2.24, 2.45) is 5.73 Å². The quantitative estimate of drug-likeness (QED) is 0.331. The highest BCUT2D eigenvalue weighted by molar-refractivity contribution is 7.18. The maximum absolute atomic E-state index is 12.8. The Kier molecular flexibility index (Phi) is 6.50. The summed E-state index contributed by atoms with van der Waals surface area (Å²) in [6.45, 7) is 1.79. The van der Waals surface area contributed by atoms with E-state index in [4.69, 9.17) is 10.5 Å². The predicted octanol–water partition coefficient (Wildman–Crippen LogP) is 5.46. The van der Waals surface area contributed by atoms with E-state index in [0.717, 1.165) is 32.0 Å². The molecule has 1 aromatic heterocycles. The molecule has 1 aliphatic heterocycles. The summed E-state index contributed by atoms with van der Waals surface area (Å²) in [5, 5.41) is 2.93. The third-order valence-electron chi connectivity index (χ3n) is 6.17. The highest BCUT2D eigenvalue weighted by Crippen LogP contribution is 2.36. The van der Waals surface area contributed by atoms with Crippen LogP contribution >= 0.6 is 11.3 Å². The van der Waals surface area contributed by atoms with Crippen molar-refractivity contribution in [3.05, 3.63) is 101 Å². The minimum absolute atomic E-state index is 0.0823. The Balaban J connectivity index is 1.26. The number of rotatable bonds is 7. The Labute approximate surface area is 212 Å². The molecule has 6 nitrogen and oxygen atoms in total. The molecule has 180 valence electrons. The van der Waals surface area contributed by atoms with Crippen LogP contribution in [-0.4, -0.2) is 23.7 Å². The fraction of sp³-hybridized carbons (Fsp3) is 0.138. The number of benzene rings is 3. The summed E-state index contributed by atoms with van der Waals surface area (Å²) in [5.74, 6) is -0.569. The zero-order chi connectivity index (χ0) is 25.2. The number of hydrogen-bond acceptors (Lipinski definition) is 6. The van der Waals surface area contributed by atoms with Crippen LogP contribution in [0.1, 0.15) is 38.8 Å². The van der Waals surface area contributed by atoms with Gasteiger partial charge in [0.25, 0.3) is 5.91 Å². The second kappa shape index (κ2) is 9.89. The van der Waals surface area contributed by atoms with E-state index in [-0.39, 0.29) is 17.7 Å². The Bertz CT molecular complexity index is 1470. The standard InChI is InChI=1S/C29H24N2O4S/c1-17(32)25(30)14-18-3-2-4-21(13-18)28(33)31-23-8-5-19(6-9-23)26-11-12-27(36-26)20-7-10-24-22(15-20)16-35-29(24)34/h2-13,15,25H,14,16,30H2,1H3,(H,31,33). The van der Waals surface area contributed by atoms with E-state index >= 15 is 0 Å². The lowest BCUT2D eigenvalue weighted by atomic mass is 10.0. The van der Waals surface area contributed by atoms with Crippen LogP contribution in [0.15, 0.2) is 78.9 Å². The summed E-state index contributed by atoms with van der Waals surface area (Å²) in [6, 6.07) is 24.2. The van der Waals surface area contributed by atoms with Crippen LogP contribution in [0.2, 0.25) is 0 Å². The average molecular weight is 497 g/mol. The zero-order valence-electron chi connectivity index (χ0n) is 19.6. The summed E-state index contributed by atoms with van der Waals surface area (Å²) < 4.78 is 5.10. The summed E-state index contributed by atoms with van der Waals surface area (Å²) >= 11 is 1.66. The number of anilines is 1. The van der Waals surface area contributed by atoms with E-state index < -0.39 is 6.04 Å². The Hall–Kier alpha value is -4.07. The lowest BCUT2D eigenvalue weighted by Gasteiger charge is -2.10. The van der Waals surface area contributed by atoms with Crippen LogP contribution in [0.25, 0.3) is 20.9 Å². The molecular weight excluding hydrogens is 472 g/mol. The minimum Gasteiger partial charge on any atom is -0.457 e. The third kappa shape index (κ3) is 4.98. The van der Waals surface area contributed by atoms with Crippen molar-refractivity contribution in [3.63, 3.8) is 0 Å². The summed E-state index contributed by atoms with van der Waals surface area (Å²) in [4.78, 5) is 38.1. The van der Waals surface area contributed by atoms with Crippen LogP contribution in [0.4, 0.5) is 5.69 Å². The molecule has 0 bridgehead atoms. The van der Waals surface area contributed by atoms with Crippen molar-refractivity contribution < 1.29 is 19.1 Å². The second-order valence-corrected chi connectivity index (χ2v) is 9.85. The number of carbonyl (C=O) groups excluding carboxylic acids is 3. The first-order valence-electron chi connectivity index (χ1n) is 11.5. The molecule has 3 N–H and O–H groups in total. The number of fused-ring (bicyclic) bond motifs is 1. The molecule has 7 heteroatoms. The van der Waals surface area contributed by atoms with E-state index in [9.17, 15) is 14.4 Å². The van der Waals surface area contributed by atoms with Gasteiger partial charge >= 0.3 is 5.97 Å². The van der Waals surface area contributed by atoms with Gasteiger partial charge in [-0.15, -0.1) is 11.3 Å². The molecule has 4 aromatic rings. The van der Waals surface area contributed by atoms with Gasteiger partial charge in [0, 0.05) is 26.6 Å². The molecule has 0 spiro atoms. The van der Waals surface area contributed by atoms with Crippen molar-refractivity contribution in [1.29, 1.82) is 0 Å². The molecular formula is C29H24N2O4S. The van der Waals surface area contributed by atoms with Gasteiger partial charge in [-0.05, 0) is 78.6 Å². The number of amides is 1. The van der Waals surface area contributed by atoms with Crippen LogP contribution in [0.3, 0.4) is 0 Å². The second-order valence-electron chi connectivity index (χ2n) is 8.77. The molecule has 1 aliphatic rings. The number of ether oxygens (including phenoxy) is 1. The van der Waals surface area contributed by atoms with Gasteiger partial charge in [-0.25, -0.2) is 4.79 Å². The van der Waals surface area contributed by atoms with Gasteiger partial charge in [-0.1, -0.05) is 30.3 Å². The van der Waals surface area contributed by atoms with Crippen LogP contribution in [0.5, 0.6) is 0 Å². The molecule has 1 unspecified atom stereocenters. The topological polar surface area (TPSA) is 98.5 Å². The molecule has 3 aromatic carbocycles. The molecule has 0 saturated heterocycles. The molecule has 1 amide bonds. The summed E-state index contributed by atoms with van der Waals surface area (Å²) in [5.41, 5.74) is 11.6. The van der Waals surface area contributed by atoms with Gasteiger partial charge in [0.2, 0.25) is 0 Å². The lowest BCUT2D eigenvalue weighted by Crippen LogP contribution is -2.30. The van der Waals surface area contributed by atoms with Gasteiger partial charge in [0.1, 0.15) is 12.4 Å². The van der Waals surface area contributed by atoms with Gasteiger partial charge < -0.3 is 15.8 Å². The number of hydrogen-bond donors (Lipinski definition) is 2. The third-order valence-corrected chi connectivity index (χ3v) is 7.35. The Morgan fingerprint density at radius 3 is 2.44 bits per heavy atom. The number of Topliss-reactive ketones (excluding diaryl/α,β-unsaturated/α-hetero) is 1. The number of cyclic esters (lactones) is 1. The maximum Gasteiger partial charge on any atom is 0.338 e. The number of thiophene rings is 1. The zero-order valence-corrected chi connectivity index (χ0v) is 20.4. The van der Waals surface area contributed by atoms with Crippen molar-refractivity contribution >= 4 is 34.7 Å². The van der Waals surface area contributed by atoms with Gasteiger partial charge in [0.05, 0.1) is 11.6 Å².